The topological polar surface area (TPSA) is 41.1 Å². The second kappa shape index (κ2) is 7.52. The Balaban J connectivity index is 1.54. The molecule has 126 valence electrons. The lowest BCUT2D eigenvalue weighted by Crippen LogP contribution is -2.14. The smallest absolute Gasteiger partial charge is 0.228 e. The number of hydrogen-bond acceptors (Lipinski definition) is 2. The number of carbonyl (C=O) groups excluding carboxylic acids is 1. The molecule has 1 aliphatic carbocycles. The van der Waals surface area contributed by atoms with Crippen LogP contribution in [0.1, 0.15) is 43.2 Å². The van der Waals surface area contributed by atoms with E-state index in [1.807, 2.05) is 31.3 Å². The highest BCUT2D eigenvalue weighted by atomic mass is 16.2. The zero-order valence-electron chi connectivity index (χ0n) is 14.5. The molecule has 2 aromatic rings. The lowest BCUT2D eigenvalue weighted by Gasteiger charge is -2.07. The minimum atomic E-state index is 0.107. The monoisotopic (exact) mass is 322 g/mol. The van der Waals surface area contributed by atoms with Gasteiger partial charge < -0.3 is 10.6 Å². The third-order valence-electron chi connectivity index (χ3n) is 4.80. The standard InChI is InChI=1S/C21H26N2O/c1-3-4-5-15-6-8-16(9-7-15)19-14-20(19)21(24)23-18-12-10-17(22-2)11-13-18/h6-13,19-20,22H,3-5,14H2,1-2H3,(H,23,24). The lowest BCUT2D eigenvalue weighted by atomic mass is 10.0. The molecule has 1 amide bonds. The second-order valence-electron chi connectivity index (χ2n) is 6.61. The normalized spacial score (nSPS) is 18.9. The fourth-order valence-electron chi connectivity index (χ4n) is 3.12. The molecule has 0 saturated heterocycles. The molecule has 3 rings (SSSR count). The molecule has 2 atom stereocenters. The van der Waals surface area contributed by atoms with Crippen molar-refractivity contribution in [3.05, 3.63) is 59.7 Å². The van der Waals surface area contributed by atoms with Crippen LogP contribution in [-0.2, 0) is 11.2 Å². The van der Waals surface area contributed by atoms with Gasteiger partial charge in [0.25, 0.3) is 0 Å². The van der Waals surface area contributed by atoms with Gasteiger partial charge in [0.1, 0.15) is 0 Å². The number of amides is 1. The van der Waals surface area contributed by atoms with Gasteiger partial charge in [0.05, 0.1) is 0 Å². The zero-order valence-corrected chi connectivity index (χ0v) is 14.5. The maximum absolute atomic E-state index is 12.4. The average molecular weight is 322 g/mol. The van der Waals surface area contributed by atoms with Crippen molar-refractivity contribution in [2.45, 2.75) is 38.5 Å². The number of anilines is 2. The van der Waals surface area contributed by atoms with Crippen LogP contribution in [0.15, 0.2) is 48.5 Å². The quantitative estimate of drug-likeness (QED) is 0.768. The van der Waals surface area contributed by atoms with Crippen LogP contribution >= 0.6 is 0 Å². The van der Waals surface area contributed by atoms with Crippen LogP contribution in [-0.4, -0.2) is 13.0 Å². The summed E-state index contributed by atoms with van der Waals surface area (Å²) < 4.78 is 0. The fourth-order valence-corrected chi connectivity index (χ4v) is 3.12. The molecule has 1 aliphatic rings. The summed E-state index contributed by atoms with van der Waals surface area (Å²) in [6, 6.07) is 16.6. The summed E-state index contributed by atoms with van der Waals surface area (Å²) in [7, 11) is 1.88. The van der Waals surface area contributed by atoms with E-state index in [2.05, 4.69) is 41.8 Å². The number of rotatable bonds is 7. The van der Waals surface area contributed by atoms with Crippen LogP contribution < -0.4 is 10.6 Å². The molecule has 24 heavy (non-hydrogen) atoms. The van der Waals surface area contributed by atoms with Crippen LogP contribution in [0.25, 0.3) is 0 Å². The summed E-state index contributed by atoms with van der Waals surface area (Å²) in [4.78, 5) is 12.4. The Morgan fingerprint density at radius 2 is 1.71 bits per heavy atom. The number of unbranched alkanes of at least 4 members (excludes halogenated alkanes) is 1. The molecule has 0 bridgehead atoms. The fraction of sp³-hybridized carbons (Fsp3) is 0.381. The molecular formula is C21H26N2O. The Morgan fingerprint density at radius 1 is 1.04 bits per heavy atom. The molecule has 2 N–H and O–H groups in total. The van der Waals surface area contributed by atoms with Crippen molar-refractivity contribution < 1.29 is 4.79 Å². The SMILES string of the molecule is CCCCc1ccc(C2CC2C(=O)Nc2ccc(NC)cc2)cc1. The largest absolute Gasteiger partial charge is 0.388 e. The molecule has 2 aromatic carbocycles. The van der Waals surface area contributed by atoms with E-state index in [9.17, 15) is 4.79 Å². The third-order valence-corrected chi connectivity index (χ3v) is 4.80. The minimum Gasteiger partial charge on any atom is -0.388 e. The third kappa shape index (κ3) is 3.97. The molecule has 1 fully saturated rings. The Kier molecular flexibility index (Phi) is 5.19. The summed E-state index contributed by atoms with van der Waals surface area (Å²) in [6.45, 7) is 2.22. The Bertz CT molecular complexity index is 676. The van der Waals surface area contributed by atoms with Crippen molar-refractivity contribution in [2.24, 2.45) is 5.92 Å². The number of aryl methyl sites for hydroxylation is 1. The van der Waals surface area contributed by atoms with E-state index >= 15 is 0 Å². The first-order valence-corrected chi connectivity index (χ1v) is 8.88. The van der Waals surface area contributed by atoms with Gasteiger partial charge in [-0.15, -0.1) is 0 Å². The number of carbonyl (C=O) groups is 1. The molecule has 2 unspecified atom stereocenters. The lowest BCUT2D eigenvalue weighted by molar-refractivity contribution is -0.117. The Hall–Kier alpha value is -2.29. The zero-order chi connectivity index (χ0) is 16.9. The van der Waals surface area contributed by atoms with Gasteiger partial charge in [-0.2, -0.15) is 0 Å². The van der Waals surface area contributed by atoms with Crippen molar-refractivity contribution in [3.8, 4) is 0 Å². The van der Waals surface area contributed by atoms with Gasteiger partial charge in [-0.1, -0.05) is 37.6 Å². The highest BCUT2D eigenvalue weighted by Gasteiger charge is 2.43. The van der Waals surface area contributed by atoms with Crippen LogP contribution in [0, 0.1) is 5.92 Å². The number of benzene rings is 2. The van der Waals surface area contributed by atoms with Crippen LogP contribution in [0.3, 0.4) is 0 Å². The van der Waals surface area contributed by atoms with Crippen LogP contribution in [0.5, 0.6) is 0 Å². The summed E-state index contributed by atoms with van der Waals surface area (Å²) in [5.74, 6) is 0.615. The second-order valence-corrected chi connectivity index (χ2v) is 6.61. The molecule has 0 spiro atoms. The van der Waals surface area contributed by atoms with Gasteiger partial charge in [-0.05, 0) is 60.6 Å². The Labute approximate surface area is 144 Å². The van der Waals surface area contributed by atoms with Gasteiger partial charge in [0.15, 0.2) is 0 Å². The molecular weight excluding hydrogens is 296 g/mol. The van der Waals surface area contributed by atoms with E-state index in [4.69, 9.17) is 0 Å². The summed E-state index contributed by atoms with van der Waals surface area (Å²) in [6.07, 6.45) is 4.56. The molecule has 0 aromatic heterocycles. The van der Waals surface area contributed by atoms with Crippen molar-refractivity contribution in [1.29, 1.82) is 0 Å². The van der Waals surface area contributed by atoms with Crippen LogP contribution in [0.4, 0.5) is 11.4 Å². The molecule has 0 aliphatic heterocycles. The van der Waals surface area contributed by atoms with Gasteiger partial charge in [-0.3, -0.25) is 4.79 Å². The van der Waals surface area contributed by atoms with E-state index in [-0.39, 0.29) is 11.8 Å². The van der Waals surface area contributed by atoms with Gasteiger partial charge in [0, 0.05) is 24.3 Å². The first-order valence-electron chi connectivity index (χ1n) is 8.88. The van der Waals surface area contributed by atoms with Crippen molar-refractivity contribution in [3.63, 3.8) is 0 Å². The van der Waals surface area contributed by atoms with Crippen LogP contribution in [0.2, 0.25) is 0 Å². The predicted molar refractivity (Wildman–Crippen MR) is 101 cm³/mol. The molecule has 3 heteroatoms. The molecule has 0 radical (unpaired) electrons. The average Bonchev–Trinajstić information content (AvgIpc) is 3.42. The van der Waals surface area contributed by atoms with E-state index < -0.39 is 0 Å². The minimum absolute atomic E-state index is 0.107. The van der Waals surface area contributed by atoms with E-state index in [1.165, 1.54) is 24.0 Å². The first-order chi connectivity index (χ1) is 11.7. The molecule has 0 heterocycles. The Morgan fingerprint density at radius 3 is 2.33 bits per heavy atom. The number of hydrogen-bond donors (Lipinski definition) is 2. The van der Waals surface area contributed by atoms with E-state index in [0.717, 1.165) is 24.2 Å². The van der Waals surface area contributed by atoms with Crippen molar-refractivity contribution in [1.82, 2.24) is 0 Å². The first kappa shape index (κ1) is 16.6. The highest BCUT2D eigenvalue weighted by molar-refractivity contribution is 5.95. The molecule has 1 saturated carbocycles. The summed E-state index contributed by atoms with van der Waals surface area (Å²) in [5, 5.41) is 6.10. The van der Waals surface area contributed by atoms with E-state index in [0.29, 0.717) is 5.92 Å². The van der Waals surface area contributed by atoms with Crippen molar-refractivity contribution >= 4 is 17.3 Å². The number of nitrogens with one attached hydrogen (secondary N) is 2. The predicted octanol–water partition coefficient (Wildman–Crippen LogP) is 4.81. The van der Waals surface area contributed by atoms with Gasteiger partial charge in [-0.25, -0.2) is 0 Å². The summed E-state index contributed by atoms with van der Waals surface area (Å²) >= 11 is 0. The van der Waals surface area contributed by atoms with Gasteiger partial charge >= 0.3 is 0 Å². The molecule has 3 nitrogen and oxygen atoms in total. The highest BCUT2D eigenvalue weighted by Crippen LogP contribution is 2.48. The van der Waals surface area contributed by atoms with Crippen molar-refractivity contribution in [2.75, 3.05) is 17.7 Å². The summed E-state index contributed by atoms with van der Waals surface area (Å²) in [5.41, 5.74) is 4.59. The maximum atomic E-state index is 12.4. The maximum Gasteiger partial charge on any atom is 0.228 e. The van der Waals surface area contributed by atoms with E-state index in [1.54, 1.807) is 0 Å². The van der Waals surface area contributed by atoms with Gasteiger partial charge in [0.2, 0.25) is 5.91 Å².